The Bertz CT molecular complexity index is 417. The van der Waals surface area contributed by atoms with E-state index in [2.05, 4.69) is 42.0 Å². The normalized spacial score (nSPS) is 20.2. The molecule has 1 heterocycles. The maximum Gasteiger partial charge on any atom is 0.124 e. The first-order chi connectivity index (χ1) is 7.99. The van der Waals surface area contributed by atoms with Crippen LogP contribution in [0.4, 0.5) is 10.1 Å². The van der Waals surface area contributed by atoms with Crippen LogP contribution in [-0.2, 0) is 0 Å². The molecule has 0 bridgehead atoms. The molecule has 1 aliphatic heterocycles. The quantitative estimate of drug-likeness (QED) is 0.847. The van der Waals surface area contributed by atoms with E-state index in [9.17, 15) is 4.39 Å². The molecule has 0 aliphatic carbocycles. The second-order valence-electron chi connectivity index (χ2n) is 5.45. The molecule has 1 aromatic rings. The van der Waals surface area contributed by atoms with Crippen LogP contribution < -0.4 is 5.32 Å². The zero-order chi connectivity index (χ0) is 12.6. The lowest BCUT2D eigenvalue weighted by Gasteiger charge is -2.21. The van der Waals surface area contributed by atoms with Gasteiger partial charge >= 0.3 is 0 Å². The van der Waals surface area contributed by atoms with E-state index < -0.39 is 0 Å². The van der Waals surface area contributed by atoms with Crippen LogP contribution in [0.2, 0.25) is 0 Å². The summed E-state index contributed by atoms with van der Waals surface area (Å²) in [6.45, 7) is 7.66. The summed E-state index contributed by atoms with van der Waals surface area (Å²) in [6, 6.07) is 3.21. The minimum atomic E-state index is -0.152. The van der Waals surface area contributed by atoms with Gasteiger partial charge in [0.1, 0.15) is 5.82 Å². The molecule has 2 unspecified atom stereocenters. The fourth-order valence-corrected chi connectivity index (χ4v) is 3.40. The van der Waals surface area contributed by atoms with Crippen molar-refractivity contribution in [3.63, 3.8) is 0 Å². The van der Waals surface area contributed by atoms with E-state index in [1.165, 1.54) is 12.5 Å². The zero-order valence-electron chi connectivity index (χ0n) is 10.6. The molecule has 0 spiro atoms. The standard InChI is InChI=1S/C14H19BrFN/c1-8(2)4-9(3)12-7-17-14-11(12)5-10(16)6-13(14)15/h5-6,8-9,12,17H,4,7H2,1-3H3. The molecular formula is C14H19BrFN. The summed E-state index contributed by atoms with van der Waals surface area (Å²) in [7, 11) is 0. The van der Waals surface area contributed by atoms with Crippen molar-refractivity contribution in [3.05, 3.63) is 28.0 Å². The number of halogens is 2. The highest BCUT2D eigenvalue weighted by molar-refractivity contribution is 9.10. The molecule has 2 rings (SSSR count). The van der Waals surface area contributed by atoms with Crippen LogP contribution in [0, 0.1) is 17.7 Å². The van der Waals surface area contributed by atoms with Gasteiger partial charge in [0.05, 0.1) is 5.69 Å². The summed E-state index contributed by atoms with van der Waals surface area (Å²) in [5, 5.41) is 3.39. The fourth-order valence-electron chi connectivity index (χ4n) is 2.81. The predicted molar refractivity (Wildman–Crippen MR) is 73.9 cm³/mol. The van der Waals surface area contributed by atoms with E-state index in [-0.39, 0.29) is 5.82 Å². The number of hydrogen-bond acceptors (Lipinski definition) is 1. The van der Waals surface area contributed by atoms with Crippen LogP contribution in [0.3, 0.4) is 0 Å². The Balaban J connectivity index is 2.27. The monoisotopic (exact) mass is 299 g/mol. The molecule has 0 amide bonds. The maximum absolute atomic E-state index is 13.5. The highest BCUT2D eigenvalue weighted by Crippen LogP contribution is 2.42. The van der Waals surface area contributed by atoms with Gasteiger partial charge in [0.15, 0.2) is 0 Å². The van der Waals surface area contributed by atoms with Gasteiger partial charge < -0.3 is 5.32 Å². The SMILES string of the molecule is CC(C)CC(C)C1CNc2c(Br)cc(F)cc21. The number of benzene rings is 1. The van der Waals surface area contributed by atoms with Gasteiger partial charge in [-0.1, -0.05) is 20.8 Å². The van der Waals surface area contributed by atoms with Crippen LogP contribution in [0.5, 0.6) is 0 Å². The summed E-state index contributed by atoms with van der Waals surface area (Å²) >= 11 is 3.42. The van der Waals surface area contributed by atoms with Gasteiger partial charge in [0, 0.05) is 16.9 Å². The third-order valence-corrected chi connectivity index (χ3v) is 4.14. The average Bonchev–Trinajstić information content (AvgIpc) is 2.59. The molecule has 3 heteroatoms. The van der Waals surface area contributed by atoms with E-state index in [1.807, 2.05) is 0 Å². The van der Waals surface area contributed by atoms with Gasteiger partial charge in [0.25, 0.3) is 0 Å². The first-order valence-electron chi connectivity index (χ1n) is 6.22. The topological polar surface area (TPSA) is 12.0 Å². The number of nitrogens with one attached hydrogen (secondary N) is 1. The highest BCUT2D eigenvalue weighted by atomic mass is 79.9. The van der Waals surface area contributed by atoms with Crippen molar-refractivity contribution >= 4 is 21.6 Å². The molecular weight excluding hydrogens is 281 g/mol. The molecule has 0 radical (unpaired) electrons. The highest BCUT2D eigenvalue weighted by Gasteiger charge is 2.29. The smallest absolute Gasteiger partial charge is 0.124 e. The lowest BCUT2D eigenvalue weighted by atomic mass is 9.83. The largest absolute Gasteiger partial charge is 0.383 e. The number of anilines is 1. The van der Waals surface area contributed by atoms with E-state index in [0.717, 1.165) is 22.3 Å². The van der Waals surface area contributed by atoms with Crippen LogP contribution in [0.25, 0.3) is 0 Å². The van der Waals surface area contributed by atoms with Crippen molar-refractivity contribution in [1.82, 2.24) is 0 Å². The molecule has 0 saturated carbocycles. The van der Waals surface area contributed by atoms with Crippen molar-refractivity contribution in [3.8, 4) is 0 Å². The van der Waals surface area contributed by atoms with Crippen molar-refractivity contribution in [2.45, 2.75) is 33.1 Å². The Labute approximate surface area is 111 Å². The van der Waals surface area contributed by atoms with Crippen LogP contribution in [0.1, 0.15) is 38.7 Å². The third-order valence-electron chi connectivity index (χ3n) is 3.51. The molecule has 1 N–H and O–H groups in total. The van der Waals surface area contributed by atoms with Gasteiger partial charge in [0.2, 0.25) is 0 Å². The molecule has 1 aromatic carbocycles. The van der Waals surface area contributed by atoms with E-state index >= 15 is 0 Å². The Morgan fingerprint density at radius 2 is 2.12 bits per heavy atom. The third kappa shape index (κ3) is 2.65. The first-order valence-corrected chi connectivity index (χ1v) is 7.01. The lowest BCUT2D eigenvalue weighted by Crippen LogP contribution is -2.14. The lowest BCUT2D eigenvalue weighted by molar-refractivity contribution is 0.387. The number of rotatable bonds is 3. The van der Waals surface area contributed by atoms with Gasteiger partial charge in [-0.05, 0) is 51.9 Å². The molecule has 0 saturated heterocycles. The molecule has 94 valence electrons. The van der Waals surface area contributed by atoms with E-state index in [4.69, 9.17) is 0 Å². The second-order valence-corrected chi connectivity index (χ2v) is 6.30. The van der Waals surface area contributed by atoms with Crippen LogP contribution in [-0.4, -0.2) is 6.54 Å². The summed E-state index contributed by atoms with van der Waals surface area (Å²) in [5.74, 6) is 1.55. The summed E-state index contributed by atoms with van der Waals surface area (Å²) in [4.78, 5) is 0. The maximum atomic E-state index is 13.5. The minimum absolute atomic E-state index is 0.152. The number of fused-ring (bicyclic) bond motifs is 1. The summed E-state index contributed by atoms with van der Waals surface area (Å²) < 4.78 is 14.3. The van der Waals surface area contributed by atoms with Crippen molar-refractivity contribution in [2.75, 3.05) is 11.9 Å². The molecule has 0 aromatic heterocycles. The van der Waals surface area contributed by atoms with E-state index in [0.29, 0.717) is 17.8 Å². The van der Waals surface area contributed by atoms with Crippen LogP contribution >= 0.6 is 15.9 Å². The Hall–Kier alpha value is -0.570. The Morgan fingerprint density at radius 3 is 2.76 bits per heavy atom. The number of hydrogen-bond donors (Lipinski definition) is 1. The summed E-state index contributed by atoms with van der Waals surface area (Å²) in [5.41, 5.74) is 2.21. The molecule has 1 nitrogen and oxygen atoms in total. The molecule has 17 heavy (non-hydrogen) atoms. The van der Waals surface area contributed by atoms with Gasteiger partial charge in [-0.2, -0.15) is 0 Å². The van der Waals surface area contributed by atoms with Crippen LogP contribution in [0.15, 0.2) is 16.6 Å². The fraction of sp³-hybridized carbons (Fsp3) is 0.571. The Kier molecular flexibility index (Phi) is 3.76. The molecule has 2 atom stereocenters. The molecule has 0 fully saturated rings. The average molecular weight is 300 g/mol. The van der Waals surface area contributed by atoms with Crippen molar-refractivity contribution in [2.24, 2.45) is 11.8 Å². The van der Waals surface area contributed by atoms with E-state index in [1.54, 1.807) is 6.07 Å². The first kappa shape index (κ1) is 12.9. The Morgan fingerprint density at radius 1 is 1.41 bits per heavy atom. The second kappa shape index (κ2) is 4.97. The summed E-state index contributed by atoms with van der Waals surface area (Å²) in [6.07, 6.45) is 1.18. The van der Waals surface area contributed by atoms with Gasteiger partial charge in [-0.3, -0.25) is 0 Å². The molecule has 1 aliphatic rings. The van der Waals surface area contributed by atoms with Crippen molar-refractivity contribution < 1.29 is 4.39 Å². The van der Waals surface area contributed by atoms with Gasteiger partial charge in [-0.15, -0.1) is 0 Å². The van der Waals surface area contributed by atoms with Crippen molar-refractivity contribution in [1.29, 1.82) is 0 Å². The zero-order valence-corrected chi connectivity index (χ0v) is 12.1. The minimum Gasteiger partial charge on any atom is -0.383 e. The van der Waals surface area contributed by atoms with Gasteiger partial charge in [-0.25, -0.2) is 4.39 Å². The predicted octanol–water partition coefficient (Wildman–Crippen LogP) is 4.78.